The van der Waals surface area contributed by atoms with Crippen LogP contribution in [0.15, 0.2) is 0 Å². The third-order valence-electron chi connectivity index (χ3n) is 1.23. The summed E-state index contributed by atoms with van der Waals surface area (Å²) < 4.78 is 0. The number of rotatable bonds is 3. The molecule has 3 amide bonds. The van der Waals surface area contributed by atoms with Crippen LogP contribution in [0.1, 0.15) is 13.8 Å². The monoisotopic (exact) mass is 160 g/mol. The molecule has 0 heterocycles. The maximum absolute atomic E-state index is 10.9. The van der Waals surface area contributed by atoms with Gasteiger partial charge < -0.3 is 0 Å². The van der Waals surface area contributed by atoms with Gasteiger partial charge in [0.1, 0.15) is 0 Å². The van der Waals surface area contributed by atoms with Crippen molar-refractivity contribution in [3.05, 3.63) is 0 Å². The molecule has 0 aliphatic carbocycles. The summed E-state index contributed by atoms with van der Waals surface area (Å²) in [6, 6.07) is -0.690. The number of carbonyl (C=O) groups excluding carboxylic acids is 2. The first kappa shape index (κ1) is 9.90. The third-order valence-corrected chi connectivity index (χ3v) is 1.23. The van der Waals surface area contributed by atoms with Gasteiger partial charge in [0.15, 0.2) is 0 Å². The predicted octanol–water partition coefficient (Wildman–Crippen LogP) is 0.296. The van der Waals surface area contributed by atoms with E-state index in [0.717, 1.165) is 4.90 Å². The summed E-state index contributed by atoms with van der Waals surface area (Å²) in [4.78, 5) is 22.0. The van der Waals surface area contributed by atoms with Gasteiger partial charge in [-0.15, -0.1) is 0 Å². The van der Waals surface area contributed by atoms with E-state index in [4.69, 9.17) is 5.21 Å². The normalized spacial score (nSPS) is 9.00. The van der Waals surface area contributed by atoms with Gasteiger partial charge in [0, 0.05) is 13.1 Å². The van der Waals surface area contributed by atoms with Gasteiger partial charge in [-0.1, -0.05) is 0 Å². The van der Waals surface area contributed by atoms with Crippen molar-refractivity contribution in [2.24, 2.45) is 0 Å². The van der Waals surface area contributed by atoms with Crippen LogP contribution >= 0.6 is 0 Å². The Morgan fingerprint density at radius 2 is 2.00 bits per heavy atom. The van der Waals surface area contributed by atoms with Crippen molar-refractivity contribution < 1.29 is 14.8 Å². The van der Waals surface area contributed by atoms with Crippen molar-refractivity contribution in [1.82, 2.24) is 9.96 Å². The molecule has 64 valence electrons. The molecule has 11 heavy (non-hydrogen) atoms. The Labute approximate surface area is 65.2 Å². The van der Waals surface area contributed by atoms with Gasteiger partial charge in [0.05, 0.1) is 0 Å². The van der Waals surface area contributed by atoms with Gasteiger partial charge in [-0.3, -0.25) is 14.9 Å². The number of hydrogen-bond acceptors (Lipinski definition) is 3. The minimum atomic E-state index is -0.690. The van der Waals surface area contributed by atoms with Crippen LogP contribution in [0.2, 0.25) is 0 Å². The van der Waals surface area contributed by atoms with Gasteiger partial charge in [-0.2, -0.15) is 0 Å². The molecule has 0 aromatic rings. The Hall–Kier alpha value is -1.10. The summed E-state index contributed by atoms with van der Waals surface area (Å²) in [5, 5.41) is 9.33. The molecular weight excluding hydrogens is 148 g/mol. The lowest BCUT2D eigenvalue weighted by atomic mass is 10.6. The lowest BCUT2D eigenvalue weighted by Gasteiger charge is -2.18. The van der Waals surface area contributed by atoms with Crippen molar-refractivity contribution in [3.8, 4) is 0 Å². The third kappa shape index (κ3) is 2.55. The molecule has 0 aliphatic heterocycles. The van der Waals surface area contributed by atoms with Crippen molar-refractivity contribution >= 4 is 12.4 Å². The molecule has 0 spiro atoms. The summed E-state index contributed by atoms with van der Waals surface area (Å²) in [5.74, 6) is 0. The molecule has 0 aromatic carbocycles. The van der Waals surface area contributed by atoms with E-state index in [2.05, 4.69) is 0 Å². The number of urea groups is 1. The first-order valence-electron chi connectivity index (χ1n) is 3.39. The lowest BCUT2D eigenvalue weighted by Crippen LogP contribution is -2.40. The molecule has 1 N–H and O–H groups in total. The molecule has 0 rings (SSSR count). The molecule has 0 aliphatic rings. The number of carbonyl (C=O) groups is 2. The van der Waals surface area contributed by atoms with Crippen molar-refractivity contribution in [3.63, 3.8) is 0 Å². The molecule has 0 bridgehead atoms. The highest BCUT2D eigenvalue weighted by molar-refractivity contribution is 5.83. The zero-order chi connectivity index (χ0) is 8.85. The van der Waals surface area contributed by atoms with Crippen LogP contribution in [-0.4, -0.2) is 40.7 Å². The molecule has 5 nitrogen and oxygen atoms in total. The Bertz CT molecular complexity index is 149. The lowest BCUT2D eigenvalue weighted by molar-refractivity contribution is -0.119. The predicted molar refractivity (Wildman–Crippen MR) is 38.0 cm³/mol. The topological polar surface area (TPSA) is 60.9 Å². The number of hydroxylamine groups is 2. The zero-order valence-electron chi connectivity index (χ0n) is 6.65. The maximum Gasteiger partial charge on any atom is 0.350 e. The van der Waals surface area contributed by atoms with E-state index in [1.54, 1.807) is 13.8 Å². The second-order valence-electron chi connectivity index (χ2n) is 1.89. The van der Waals surface area contributed by atoms with Crippen LogP contribution in [0, 0.1) is 0 Å². The summed E-state index contributed by atoms with van der Waals surface area (Å²) in [7, 11) is 0. The molecule has 0 radical (unpaired) electrons. The molecule has 0 atom stereocenters. The van der Waals surface area contributed by atoms with Crippen LogP contribution in [0.3, 0.4) is 0 Å². The van der Waals surface area contributed by atoms with Gasteiger partial charge in [-0.25, -0.2) is 9.86 Å². The summed E-state index contributed by atoms with van der Waals surface area (Å²) in [5.41, 5.74) is 0. The fourth-order valence-corrected chi connectivity index (χ4v) is 0.538. The number of hydrogen-bond donors (Lipinski definition) is 1. The number of imide groups is 1. The standard InChI is InChI=1S/C6H12N2O3/c1-3-7(5-9)6(10)8(11)4-2/h5,11H,3-4H2,1-2H3. The smallest absolute Gasteiger partial charge is 0.284 e. The molecule has 0 unspecified atom stereocenters. The van der Waals surface area contributed by atoms with E-state index in [-0.39, 0.29) is 13.1 Å². The summed E-state index contributed by atoms with van der Waals surface area (Å²) in [6.07, 6.45) is 0.390. The Morgan fingerprint density at radius 1 is 1.45 bits per heavy atom. The molecule has 0 saturated carbocycles. The van der Waals surface area contributed by atoms with Crippen molar-refractivity contribution in [2.75, 3.05) is 13.1 Å². The van der Waals surface area contributed by atoms with Crippen LogP contribution in [0.5, 0.6) is 0 Å². The van der Waals surface area contributed by atoms with Crippen LogP contribution in [0.25, 0.3) is 0 Å². The fraction of sp³-hybridized carbons (Fsp3) is 0.667. The average Bonchev–Trinajstić information content (AvgIpc) is 2.05. The largest absolute Gasteiger partial charge is 0.350 e. The first-order chi connectivity index (χ1) is 5.17. The van der Waals surface area contributed by atoms with Crippen molar-refractivity contribution in [1.29, 1.82) is 0 Å². The summed E-state index contributed by atoms with van der Waals surface area (Å²) >= 11 is 0. The number of nitrogens with zero attached hydrogens (tertiary/aromatic N) is 2. The molecular formula is C6H12N2O3. The van der Waals surface area contributed by atoms with Gasteiger partial charge >= 0.3 is 6.03 Å². The van der Waals surface area contributed by atoms with Crippen LogP contribution in [0.4, 0.5) is 4.79 Å². The van der Waals surface area contributed by atoms with E-state index in [9.17, 15) is 9.59 Å². The van der Waals surface area contributed by atoms with E-state index >= 15 is 0 Å². The van der Waals surface area contributed by atoms with Crippen LogP contribution in [-0.2, 0) is 4.79 Å². The van der Waals surface area contributed by atoms with Gasteiger partial charge in [0.2, 0.25) is 6.41 Å². The minimum Gasteiger partial charge on any atom is -0.284 e. The van der Waals surface area contributed by atoms with E-state index < -0.39 is 6.03 Å². The quantitative estimate of drug-likeness (QED) is 0.367. The van der Waals surface area contributed by atoms with Crippen LogP contribution < -0.4 is 0 Å². The van der Waals surface area contributed by atoms with E-state index in [1.165, 1.54) is 0 Å². The highest BCUT2D eigenvalue weighted by Gasteiger charge is 2.14. The minimum absolute atomic E-state index is 0.170. The Kier molecular flexibility index (Phi) is 4.21. The molecule has 5 heteroatoms. The summed E-state index contributed by atoms with van der Waals surface area (Å²) in [6.45, 7) is 3.69. The fourth-order valence-electron chi connectivity index (χ4n) is 0.538. The van der Waals surface area contributed by atoms with Gasteiger partial charge in [-0.05, 0) is 13.8 Å². The van der Waals surface area contributed by atoms with E-state index in [1.807, 2.05) is 0 Å². The van der Waals surface area contributed by atoms with Crippen molar-refractivity contribution in [2.45, 2.75) is 13.8 Å². The number of amides is 3. The van der Waals surface area contributed by atoms with E-state index in [0.29, 0.717) is 11.5 Å². The Balaban J connectivity index is 4.08. The molecule has 0 saturated heterocycles. The van der Waals surface area contributed by atoms with Gasteiger partial charge in [0.25, 0.3) is 0 Å². The zero-order valence-corrected chi connectivity index (χ0v) is 6.65. The first-order valence-corrected chi connectivity index (χ1v) is 3.39. The highest BCUT2D eigenvalue weighted by atomic mass is 16.5. The second-order valence-corrected chi connectivity index (χ2v) is 1.89. The molecule has 0 aromatic heterocycles. The SMILES string of the molecule is CCN(O)C(=O)N(C=O)CC. The highest BCUT2D eigenvalue weighted by Crippen LogP contribution is 1.91. The Morgan fingerprint density at radius 3 is 2.27 bits per heavy atom. The maximum atomic E-state index is 10.9. The second kappa shape index (κ2) is 4.68. The average molecular weight is 160 g/mol. The molecule has 0 fully saturated rings.